The SMILES string of the molecule is C[C@@H]1CN(C(=O)CCCOCc2ccccc2)C[C@]1(C)O. The van der Waals surface area contributed by atoms with Crippen LogP contribution in [0.4, 0.5) is 0 Å². The molecule has 1 aliphatic rings. The molecule has 0 radical (unpaired) electrons. The molecule has 0 spiro atoms. The Bertz CT molecular complexity index is 458. The van der Waals surface area contributed by atoms with Crippen LogP contribution >= 0.6 is 0 Å². The van der Waals surface area contributed by atoms with Crippen LogP contribution in [0.15, 0.2) is 30.3 Å². The molecule has 1 saturated heterocycles. The van der Waals surface area contributed by atoms with E-state index in [2.05, 4.69) is 0 Å². The Balaban J connectivity index is 1.62. The Labute approximate surface area is 126 Å². The molecular weight excluding hydrogens is 266 g/mol. The Morgan fingerprint density at radius 3 is 2.76 bits per heavy atom. The van der Waals surface area contributed by atoms with E-state index >= 15 is 0 Å². The number of nitrogens with zero attached hydrogens (tertiary/aromatic N) is 1. The van der Waals surface area contributed by atoms with E-state index in [1.165, 1.54) is 0 Å². The molecule has 0 bridgehead atoms. The van der Waals surface area contributed by atoms with Crippen LogP contribution in [0.1, 0.15) is 32.3 Å². The summed E-state index contributed by atoms with van der Waals surface area (Å²) in [6, 6.07) is 10.0. The van der Waals surface area contributed by atoms with E-state index in [0.717, 1.165) is 12.0 Å². The molecule has 0 aromatic heterocycles. The van der Waals surface area contributed by atoms with Gasteiger partial charge in [0.2, 0.25) is 5.91 Å². The number of carbonyl (C=O) groups excluding carboxylic acids is 1. The van der Waals surface area contributed by atoms with E-state index < -0.39 is 5.60 Å². The molecule has 4 heteroatoms. The third kappa shape index (κ3) is 4.55. The molecule has 116 valence electrons. The van der Waals surface area contributed by atoms with Gasteiger partial charge in [0.05, 0.1) is 12.2 Å². The molecule has 2 rings (SSSR count). The monoisotopic (exact) mass is 291 g/mol. The molecule has 1 aromatic carbocycles. The minimum Gasteiger partial charge on any atom is -0.388 e. The summed E-state index contributed by atoms with van der Waals surface area (Å²) in [4.78, 5) is 13.8. The highest BCUT2D eigenvalue weighted by molar-refractivity contribution is 5.76. The fourth-order valence-electron chi connectivity index (χ4n) is 2.57. The highest BCUT2D eigenvalue weighted by atomic mass is 16.5. The van der Waals surface area contributed by atoms with Crippen molar-refractivity contribution in [1.82, 2.24) is 4.90 Å². The molecule has 1 aromatic rings. The zero-order valence-corrected chi connectivity index (χ0v) is 12.9. The van der Waals surface area contributed by atoms with Crippen molar-refractivity contribution in [3.05, 3.63) is 35.9 Å². The molecular formula is C17H25NO3. The van der Waals surface area contributed by atoms with Gasteiger partial charge in [0.1, 0.15) is 0 Å². The zero-order valence-electron chi connectivity index (χ0n) is 12.9. The smallest absolute Gasteiger partial charge is 0.222 e. The first-order valence-corrected chi connectivity index (χ1v) is 7.61. The van der Waals surface area contributed by atoms with Crippen LogP contribution in [0.5, 0.6) is 0 Å². The summed E-state index contributed by atoms with van der Waals surface area (Å²) in [5, 5.41) is 10.1. The molecule has 2 atom stereocenters. The van der Waals surface area contributed by atoms with Crippen molar-refractivity contribution in [2.24, 2.45) is 5.92 Å². The van der Waals surface area contributed by atoms with Crippen molar-refractivity contribution in [3.63, 3.8) is 0 Å². The molecule has 0 saturated carbocycles. The highest BCUT2D eigenvalue weighted by Gasteiger charge is 2.40. The average Bonchev–Trinajstić information content (AvgIpc) is 2.73. The minimum atomic E-state index is -0.751. The standard InChI is InChI=1S/C17H25NO3/c1-14-11-18(13-17(14,2)20)16(19)9-6-10-21-12-15-7-4-3-5-8-15/h3-5,7-8,14,20H,6,9-13H2,1-2H3/t14-,17+/m1/s1. The van der Waals surface area contributed by atoms with E-state index in [-0.39, 0.29) is 11.8 Å². The van der Waals surface area contributed by atoms with E-state index in [0.29, 0.717) is 32.7 Å². The first-order chi connectivity index (χ1) is 9.99. The normalized spacial score (nSPS) is 25.3. The third-order valence-corrected chi connectivity index (χ3v) is 4.21. The summed E-state index contributed by atoms with van der Waals surface area (Å²) in [7, 11) is 0. The van der Waals surface area contributed by atoms with Gasteiger partial charge in [-0.25, -0.2) is 0 Å². The van der Waals surface area contributed by atoms with Gasteiger partial charge in [0.15, 0.2) is 0 Å². The maximum absolute atomic E-state index is 12.1. The van der Waals surface area contributed by atoms with E-state index in [4.69, 9.17) is 4.74 Å². The number of amides is 1. The quantitative estimate of drug-likeness (QED) is 0.818. The van der Waals surface area contributed by atoms with Crippen molar-refractivity contribution in [3.8, 4) is 0 Å². The maximum atomic E-state index is 12.1. The molecule has 0 aliphatic carbocycles. The van der Waals surface area contributed by atoms with Gasteiger partial charge < -0.3 is 14.7 Å². The molecule has 4 nitrogen and oxygen atoms in total. The maximum Gasteiger partial charge on any atom is 0.222 e. The summed E-state index contributed by atoms with van der Waals surface area (Å²) in [6.45, 7) is 6.05. The predicted octanol–water partition coefficient (Wildman–Crippen LogP) is 2.21. The van der Waals surface area contributed by atoms with Crippen molar-refractivity contribution in [2.75, 3.05) is 19.7 Å². The summed E-state index contributed by atoms with van der Waals surface area (Å²) in [5.41, 5.74) is 0.396. The minimum absolute atomic E-state index is 0.114. The van der Waals surface area contributed by atoms with Gasteiger partial charge in [-0.2, -0.15) is 0 Å². The van der Waals surface area contributed by atoms with E-state index in [1.54, 1.807) is 11.8 Å². The lowest BCUT2D eigenvalue weighted by Gasteiger charge is -2.20. The lowest BCUT2D eigenvalue weighted by atomic mass is 9.95. The average molecular weight is 291 g/mol. The van der Waals surface area contributed by atoms with Gasteiger partial charge in [-0.3, -0.25) is 4.79 Å². The van der Waals surface area contributed by atoms with Crippen LogP contribution in [-0.2, 0) is 16.1 Å². The Hall–Kier alpha value is -1.39. The summed E-state index contributed by atoms with van der Waals surface area (Å²) in [6.07, 6.45) is 1.20. The van der Waals surface area contributed by atoms with Crippen LogP contribution in [-0.4, -0.2) is 41.2 Å². The molecule has 1 fully saturated rings. The van der Waals surface area contributed by atoms with Crippen molar-refractivity contribution >= 4 is 5.91 Å². The van der Waals surface area contributed by atoms with Crippen LogP contribution in [0.3, 0.4) is 0 Å². The predicted molar refractivity (Wildman–Crippen MR) is 81.7 cm³/mol. The number of hydrogen-bond donors (Lipinski definition) is 1. The molecule has 1 heterocycles. The fourth-order valence-corrected chi connectivity index (χ4v) is 2.57. The molecule has 1 amide bonds. The van der Waals surface area contributed by atoms with Crippen LogP contribution < -0.4 is 0 Å². The second kappa shape index (κ2) is 7.05. The first-order valence-electron chi connectivity index (χ1n) is 7.61. The number of β-amino-alcohol motifs (C(OH)–C–C–N with tert-alkyl or cyclic N) is 1. The fraction of sp³-hybridized carbons (Fsp3) is 0.588. The van der Waals surface area contributed by atoms with E-state index in [1.807, 2.05) is 37.3 Å². The van der Waals surface area contributed by atoms with Gasteiger partial charge in [0, 0.05) is 32.0 Å². The van der Waals surface area contributed by atoms with Crippen LogP contribution in [0.25, 0.3) is 0 Å². The number of rotatable bonds is 6. The third-order valence-electron chi connectivity index (χ3n) is 4.21. The molecule has 1 N–H and O–H groups in total. The second-order valence-corrected chi connectivity index (χ2v) is 6.17. The van der Waals surface area contributed by atoms with Crippen molar-refractivity contribution in [1.29, 1.82) is 0 Å². The van der Waals surface area contributed by atoms with Gasteiger partial charge in [-0.15, -0.1) is 0 Å². The summed E-state index contributed by atoms with van der Waals surface area (Å²) < 4.78 is 5.57. The number of hydrogen-bond acceptors (Lipinski definition) is 3. The first kappa shape index (κ1) is 16.0. The Kier molecular flexibility index (Phi) is 5.37. The van der Waals surface area contributed by atoms with Gasteiger partial charge in [-0.05, 0) is 18.9 Å². The summed E-state index contributed by atoms with van der Waals surface area (Å²) in [5.74, 6) is 0.249. The van der Waals surface area contributed by atoms with Gasteiger partial charge in [0.25, 0.3) is 0 Å². The van der Waals surface area contributed by atoms with Gasteiger partial charge in [-0.1, -0.05) is 37.3 Å². The number of ether oxygens (including phenoxy) is 1. The summed E-state index contributed by atoms with van der Waals surface area (Å²) >= 11 is 0. The second-order valence-electron chi connectivity index (χ2n) is 6.17. The lowest BCUT2D eigenvalue weighted by molar-refractivity contribution is -0.131. The highest BCUT2D eigenvalue weighted by Crippen LogP contribution is 2.27. The molecule has 21 heavy (non-hydrogen) atoms. The topological polar surface area (TPSA) is 49.8 Å². The number of carbonyl (C=O) groups is 1. The lowest BCUT2D eigenvalue weighted by Crippen LogP contribution is -2.35. The number of likely N-dealkylation sites (tertiary alicyclic amines) is 1. The molecule has 0 unspecified atom stereocenters. The largest absolute Gasteiger partial charge is 0.388 e. The van der Waals surface area contributed by atoms with Gasteiger partial charge >= 0.3 is 0 Å². The van der Waals surface area contributed by atoms with E-state index in [9.17, 15) is 9.90 Å². The number of benzene rings is 1. The van der Waals surface area contributed by atoms with Crippen LogP contribution in [0, 0.1) is 5.92 Å². The Morgan fingerprint density at radius 2 is 2.14 bits per heavy atom. The number of aliphatic hydroxyl groups is 1. The van der Waals surface area contributed by atoms with Crippen molar-refractivity contribution in [2.45, 2.75) is 38.9 Å². The molecule has 1 aliphatic heterocycles. The zero-order chi connectivity index (χ0) is 15.3. The van der Waals surface area contributed by atoms with Crippen LogP contribution in [0.2, 0.25) is 0 Å². The van der Waals surface area contributed by atoms with Crippen molar-refractivity contribution < 1.29 is 14.6 Å². The Morgan fingerprint density at radius 1 is 1.43 bits per heavy atom.